The topological polar surface area (TPSA) is 108 Å². The van der Waals surface area contributed by atoms with E-state index >= 15 is 0 Å². The molecule has 7 nitrogen and oxygen atoms in total. The molecule has 0 aromatic carbocycles. The molecule has 0 saturated carbocycles. The Bertz CT molecular complexity index is 512. The average Bonchev–Trinajstić information content (AvgIpc) is 2.62. The van der Waals surface area contributed by atoms with Crippen molar-refractivity contribution in [2.45, 2.75) is 19.4 Å². The molecular weight excluding hydrogens is 278 g/mol. The first-order chi connectivity index (χ1) is 8.30. The highest BCUT2D eigenvalue weighted by molar-refractivity contribution is 7.92. The molecule has 0 spiro atoms. The molecule has 9 heteroatoms. The lowest BCUT2D eigenvalue weighted by molar-refractivity contribution is -0.121. The number of thiazole rings is 1. The van der Waals surface area contributed by atoms with Crippen LogP contribution in [0, 0.1) is 0 Å². The maximum absolute atomic E-state index is 11.5. The number of sulfonamides is 1. The van der Waals surface area contributed by atoms with Gasteiger partial charge in [0.15, 0.2) is 5.13 Å². The van der Waals surface area contributed by atoms with E-state index < -0.39 is 10.0 Å². The van der Waals surface area contributed by atoms with Crippen molar-refractivity contribution in [1.82, 2.24) is 10.3 Å². The van der Waals surface area contributed by atoms with Gasteiger partial charge < -0.3 is 10.4 Å². The number of aliphatic hydroxyl groups is 1. The van der Waals surface area contributed by atoms with Gasteiger partial charge >= 0.3 is 0 Å². The van der Waals surface area contributed by atoms with Gasteiger partial charge in [0.1, 0.15) is 0 Å². The summed E-state index contributed by atoms with van der Waals surface area (Å²) in [4.78, 5) is 15.5. The summed E-state index contributed by atoms with van der Waals surface area (Å²) in [6, 6.07) is -0.315. The van der Waals surface area contributed by atoms with Crippen LogP contribution in [-0.4, -0.2) is 43.3 Å². The second-order valence-electron chi connectivity index (χ2n) is 3.85. The Balaban J connectivity index is 2.56. The van der Waals surface area contributed by atoms with E-state index in [2.05, 4.69) is 15.0 Å². The highest BCUT2D eigenvalue weighted by Gasteiger charge is 2.11. The summed E-state index contributed by atoms with van der Waals surface area (Å²) in [5, 5.41) is 13.2. The van der Waals surface area contributed by atoms with Crippen molar-refractivity contribution >= 4 is 32.4 Å². The molecule has 3 N–H and O–H groups in total. The minimum absolute atomic E-state index is 0.0479. The van der Waals surface area contributed by atoms with E-state index in [1.807, 2.05) is 0 Å². The summed E-state index contributed by atoms with van der Waals surface area (Å²) in [5.41, 5.74) is 0.480. The van der Waals surface area contributed by atoms with Gasteiger partial charge in [-0.1, -0.05) is 0 Å². The van der Waals surface area contributed by atoms with Gasteiger partial charge in [0.25, 0.3) is 0 Å². The first-order valence-corrected chi connectivity index (χ1v) is 7.89. The summed E-state index contributed by atoms with van der Waals surface area (Å²) >= 11 is 1.11. The molecule has 1 atom stereocenters. The molecule has 0 aliphatic heterocycles. The number of amides is 1. The van der Waals surface area contributed by atoms with E-state index in [0.717, 1.165) is 17.6 Å². The lowest BCUT2D eigenvalue weighted by atomic mass is 10.3. The maximum atomic E-state index is 11.5. The predicted molar refractivity (Wildman–Crippen MR) is 69.0 cm³/mol. The Morgan fingerprint density at radius 3 is 2.83 bits per heavy atom. The van der Waals surface area contributed by atoms with Crippen molar-refractivity contribution < 1.29 is 18.3 Å². The molecule has 0 aliphatic carbocycles. The van der Waals surface area contributed by atoms with Gasteiger partial charge in [-0.05, 0) is 6.92 Å². The normalized spacial score (nSPS) is 13.1. The summed E-state index contributed by atoms with van der Waals surface area (Å²) in [7, 11) is -3.35. The van der Waals surface area contributed by atoms with Crippen LogP contribution in [0.5, 0.6) is 0 Å². The molecule has 0 aliphatic rings. The summed E-state index contributed by atoms with van der Waals surface area (Å²) in [6.45, 7) is 1.54. The van der Waals surface area contributed by atoms with Gasteiger partial charge in [-0.2, -0.15) is 0 Å². The first-order valence-electron chi connectivity index (χ1n) is 5.12. The Morgan fingerprint density at radius 2 is 2.28 bits per heavy atom. The first kappa shape index (κ1) is 14.9. The molecule has 102 valence electrons. The van der Waals surface area contributed by atoms with Crippen molar-refractivity contribution in [3.8, 4) is 0 Å². The number of hydrogen-bond acceptors (Lipinski definition) is 6. The molecule has 1 rings (SSSR count). The van der Waals surface area contributed by atoms with Gasteiger partial charge in [-0.15, -0.1) is 11.3 Å². The minimum Gasteiger partial charge on any atom is -0.394 e. The van der Waals surface area contributed by atoms with E-state index in [-0.39, 0.29) is 30.1 Å². The number of aromatic nitrogens is 1. The Kier molecular flexibility index (Phi) is 5.05. The highest BCUT2D eigenvalue weighted by atomic mass is 32.2. The van der Waals surface area contributed by atoms with Crippen LogP contribution in [0.1, 0.15) is 12.6 Å². The van der Waals surface area contributed by atoms with E-state index in [9.17, 15) is 13.2 Å². The van der Waals surface area contributed by atoms with E-state index in [0.29, 0.717) is 5.69 Å². The van der Waals surface area contributed by atoms with Crippen LogP contribution < -0.4 is 10.0 Å². The summed E-state index contributed by atoms with van der Waals surface area (Å²) < 4.78 is 24.2. The number of anilines is 1. The van der Waals surface area contributed by atoms with Gasteiger partial charge in [-0.3, -0.25) is 9.52 Å². The smallest absolute Gasteiger partial charge is 0.231 e. The van der Waals surface area contributed by atoms with Crippen molar-refractivity contribution in [2.24, 2.45) is 0 Å². The third-order valence-corrected chi connectivity index (χ3v) is 3.35. The van der Waals surface area contributed by atoms with Crippen LogP contribution in [0.25, 0.3) is 0 Å². The van der Waals surface area contributed by atoms with E-state index in [1.54, 1.807) is 12.3 Å². The average molecular weight is 293 g/mol. The monoisotopic (exact) mass is 293 g/mol. The van der Waals surface area contributed by atoms with E-state index in [1.165, 1.54) is 0 Å². The number of nitrogens with zero attached hydrogens (tertiary/aromatic N) is 1. The maximum Gasteiger partial charge on any atom is 0.231 e. The van der Waals surface area contributed by atoms with Gasteiger partial charge in [0.05, 0.1) is 25.0 Å². The largest absolute Gasteiger partial charge is 0.394 e. The standard InChI is InChI=1S/C9H15N3O4S2/c1-6(4-13)10-8(14)3-7-5-17-9(11-7)12-18(2,15)16/h5-6,13H,3-4H2,1-2H3,(H,10,14)(H,11,12). The van der Waals surface area contributed by atoms with Crippen LogP contribution in [0.4, 0.5) is 5.13 Å². The molecule has 0 saturated heterocycles. The Hall–Kier alpha value is -1.19. The quantitative estimate of drug-likeness (QED) is 0.658. The lowest BCUT2D eigenvalue weighted by Gasteiger charge is -2.09. The fraction of sp³-hybridized carbons (Fsp3) is 0.556. The molecule has 1 aromatic rings. The molecule has 0 bridgehead atoms. The number of carbonyl (C=O) groups is 1. The highest BCUT2D eigenvalue weighted by Crippen LogP contribution is 2.16. The fourth-order valence-corrected chi connectivity index (χ4v) is 2.69. The van der Waals surface area contributed by atoms with Gasteiger partial charge in [0, 0.05) is 11.4 Å². The number of carbonyl (C=O) groups excluding carboxylic acids is 1. The molecule has 0 radical (unpaired) electrons. The van der Waals surface area contributed by atoms with Gasteiger partial charge in [-0.25, -0.2) is 13.4 Å². The fourth-order valence-electron chi connectivity index (χ4n) is 1.13. The van der Waals surface area contributed by atoms with E-state index in [4.69, 9.17) is 5.11 Å². The lowest BCUT2D eigenvalue weighted by Crippen LogP contribution is -2.36. The summed E-state index contributed by atoms with van der Waals surface area (Å²) in [5.74, 6) is -0.271. The SMILES string of the molecule is CC(CO)NC(=O)Cc1csc(NS(C)(=O)=O)n1. The zero-order chi connectivity index (χ0) is 13.8. The molecule has 0 fully saturated rings. The minimum atomic E-state index is -3.35. The number of hydrogen-bond donors (Lipinski definition) is 3. The van der Waals surface area contributed by atoms with Crippen LogP contribution in [0.3, 0.4) is 0 Å². The van der Waals surface area contributed by atoms with Crippen LogP contribution >= 0.6 is 11.3 Å². The number of rotatable bonds is 6. The Morgan fingerprint density at radius 1 is 1.61 bits per heavy atom. The predicted octanol–water partition coefficient (Wildman–Crippen LogP) is -0.446. The molecule has 18 heavy (non-hydrogen) atoms. The Labute approximate surface area is 109 Å². The zero-order valence-electron chi connectivity index (χ0n) is 10.0. The van der Waals surface area contributed by atoms with Crippen molar-refractivity contribution in [2.75, 3.05) is 17.6 Å². The van der Waals surface area contributed by atoms with Gasteiger partial charge in [0.2, 0.25) is 15.9 Å². The van der Waals surface area contributed by atoms with Crippen LogP contribution in [-0.2, 0) is 21.2 Å². The molecular formula is C9H15N3O4S2. The molecule has 1 aromatic heterocycles. The number of aliphatic hydroxyl groups excluding tert-OH is 1. The third-order valence-electron chi connectivity index (χ3n) is 1.85. The third kappa shape index (κ3) is 5.43. The second kappa shape index (κ2) is 6.12. The zero-order valence-corrected chi connectivity index (χ0v) is 11.6. The summed E-state index contributed by atoms with van der Waals surface area (Å²) in [6.07, 6.45) is 1.08. The van der Waals surface area contributed by atoms with Crippen molar-refractivity contribution in [3.63, 3.8) is 0 Å². The van der Waals surface area contributed by atoms with Crippen LogP contribution in [0.15, 0.2) is 5.38 Å². The second-order valence-corrected chi connectivity index (χ2v) is 6.45. The van der Waals surface area contributed by atoms with Crippen LogP contribution in [0.2, 0.25) is 0 Å². The molecule has 1 heterocycles. The van der Waals surface area contributed by atoms with Crippen molar-refractivity contribution in [1.29, 1.82) is 0 Å². The number of nitrogens with one attached hydrogen (secondary N) is 2. The van der Waals surface area contributed by atoms with Crippen molar-refractivity contribution in [3.05, 3.63) is 11.1 Å². The molecule has 1 amide bonds. The molecule has 1 unspecified atom stereocenters.